The summed E-state index contributed by atoms with van der Waals surface area (Å²) in [6.07, 6.45) is 11.3. The van der Waals surface area contributed by atoms with Crippen LogP contribution in [0, 0.1) is 18.8 Å². The third kappa shape index (κ3) is 3.47. The van der Waals surface area contributed by atoms with E-state index in [1.165, 1.54) is 56.6 Å². The number of hydrogen-bond acceptors (Lipinski definition) is 3. The van der Waals surface area contributed by atoms with Crippen molar-refractivity contribution in [3.05, 3.63) is 36.4 Å². The van der Waals surface area contributed by atoms with Crippen LogP contribution in [0.5, 0.6) is 0 Å². The van der Waals surface area contributed by atoms with E-state index in [1.807, 2.05) is 18.6 Å². The van der Waals surface area contributed by atoms with Crippen molar-refractivity contribution in [2.45, 2.75) is 39.2 Å². The minimum Gasteiger partial charge on any atom is -0.328 e. The minimum absolute atomic E-state index is 0.746. The number of hydrogen-bond donors (Lipinski definition) is 0. The SMILES string of the molecule is Cc1cnc(-c2ccncc2)n1CC1CCCN(CC2CC2)C1. The number of piperidine rings is 1. The summed E-state index contributed by atoms with van der Waals surface area (Å²) in [5, 5.41) is 0. The van der Waals surface area contributed by atoms with E-state index in [4.69, 9.17) is 0 Å². The van der Waals surface area contributed by atoms with Crippen molar-refractivity contribution >= 4 is 0 Å². The summed E-state index contributed by atoms with van der Waals surface area (Å²) in [5.74, 6) is 2.83. The second-order valence-corrected chi connectivity index (χ2v) is 7.28. The van der Waals surface area contributed by atoms with Gasteiger partial charge < -0.3 is 9.47 Å². The molecule has 1 saturated carbocycles. The van der Waals surface area contributed by atoms with Gasteiger partial charge in [-0.05, 0) is 63.1 Å². The van der Waals surface area contributed by atoms with Gasteiger partial charge in [0.05, 0.1) is 0 Å². The van der Waals surface area contributed by atoms with Gasteiger partial charge in [-0.1, -0.05) is 0 Å². The van der Waals surface area contributed by atoms with Gasteiger partial charge in [0, 0.05) is 49.5 Å². The monoisotopic (exact) mass is 310 g/mol. The van der Waals surface area contributed by atoms with E-state index in [9.17, 15) is 0 Å². The Balaban J connectivity index is 1.48. The van der Waals surface area contributed by atoms with Crippen molar-refractivity contribution in [3.8, 4) is 11.4 Å². The van der Waals surface area contributed by atoms with Crippen molar-refractivity contribution < 1.29 is 0 Å². The molecule has 2 aliphatic rings. The Kier molecular flexibility index (Phi) is 4.17. The van der Waals surface area contributed by atoms with E-state index < -0.39 is 0 Å². The van der Waals surface area contributed by atoms with Gasteiger partial charge in [0.25, 0.3) is 0 Å². The zero-order chi connectivity index (χ0) is 15.6. The van der Waals surface area contributed by atoms with E-state index >= 15 is 0 Å². The fourth-order valence-corrected chi connectivity index (χ4v) is 3.81. The Bertz CT molecular complexity index is 645. The van der Waals surface area contributed by atoms with E-state index in [-0.39, 0.29) is 0 Å². The van der Waals surface area contributed by atoms with Gasteiger partial charge in [-0.2, -0.15) is 0 Å². The summed E-state index contributed by atoms with van der Waals surface area (Å²) < 4.78 is 2.40. The lowest BCUT2D eigenvalue weighted by molar-refractivity contribution is 0.157. The van der Waals surface area contributed by atoms with Crippen molar-refractivity contribution in [1.29, 1.82) is 0 Å². The van der Waals surface area contributed by atoms with Crippen LogP contribution in [0.15, 0.2) is 30.7 Å². The number of rotatable bonds is 5. The van der Waals surface area contributed by atoms with E-state index in [2.05, 4.69) is 38.5 Å². The second-order valence-electron chi connectivity index (χ2n) is 7.28. The van der Waals surface area contributed by atoms with Gasteiger partial charge in [0.15, 0.2) is 0 Å². The van der Waals surface area contributed by atoms with E-state index in [0.717, 1.165) is 24.2 Å². The van der Waals surface area contributed by atoms with Crippen LogP contribution in [0.1, 0.15) is 31.4 Å². The molecule has 23 heavy (non-hydrogen) atoms. The van der Waals surface area contributed by atoms with Crippen LogP contribution in [-0.2, 0) is 6.54 Å². The normalized spacial score (nSPS) is 22.4. The molecule has 4 rings (SSSR count). The van der Waals surface area contributed by atoms with E-state index in [1.54, 1.807) is 0 Å². The third-order valence-electron chi connectivity index (χ3n) is 5.25. The van der Waals surface area contributed by atoms with Crippen LogP contribution in [0.3, 0.4) is 0 Å². The van der Waals surface area contributed by atoms with Gasteiger partial charge in [0.2, 0.25) is 0 Å². The van der Waals surface area contributed by atoms with Gasteiger partial charge in [-0.25, -0.2) is 4.98 Å². The number of aryl methyl sites for hydroxylation is 1. The molecule has 1 aliphatic carbocycles. The summed E-state index contributed by atoms with van der Waals surface area (Å²) in [4.78, 5) is 11.5. The molecule has 0 N–H and O–H groups in total. The molecule has 1 saturated heterocycles. The standard InChI is InChI=1S/C19H26N4/c1-15-11-21-19(18-6-8-20-9-7-18)23(15)14-17-3-2-10-22(13-17)12-16-4-5-16/h6-9,11,16-17H,2-5,10,12-14H2,1H3. The first kappa shape index (κ1) is 14.9. The fraction of sp³-hybridized carbons (Fsp3) is 0.579. The van der Waals surface area contributed by atoms with Crippen molar-refractivity contribution in [2.75, 3.05) is 19.6 Å². The fourth-order valence-electron chi connectivity index (χ4n) is 3.81. The Morgan fingerprint density at radius 1 is 1.09 bits per heavy atom. The molecule has 4 nitrogen and oxygen atoms in total. The van der Waals surface area contributed by atoms with Crippen LogP contribution < -0.4 is 0 Å². The second kappa shape index (κ2) is 6.44. The molecule has 3 heterocycles. The maximum absolute atomic E-state index is 4.65. The quantitative estimate of drug-likeness (QED) is 0.849. The molecule has 0 aromatic carbocycles. The van der Waals surface area contributed by atoms with Gasteiger partial charge in [-0.3, -0.25) is 4.98 Å². The molecule has 0 radical (unpaired) electrons. The number of nitrogens with zero attached hydrogens (tertiary/aromatic N) is 4. The van der Waals surface area contributed by atoms with Crippen molar-refractivity contribution in [1.82, 2.24) is 19.4 Å². The Labute approximate surface area is 138 Å². The Morgan fingerprint density at radius 3 is 2.70 bits per heavy atom. The number of pyridine rings is 1. The summed E-state index contributed by atoms with van der Waals surface area (Å²) >= 11 is 0. The average molecular weight is 310 g/mol. The summed E-state index contributed by atoms with van der Waals surface area (Å²) in [6.45, 7) is 7.14. The lowest BCUT2D eigenvalue weighted by atomic mass is 9.97. The lowest BCUT2D eigenvalue weighted by Gasteiger charge is -2.33. The molecular weight excluding hydrogens is 284 g/mol. The van der Waals surface area contributed by atoms with Gasteiger partial charge in [0.1, 0.15) is 5.82 Å². The van der Waals surface area contributed by atoms with Crippen LogP contribution >= 0.6 is 0 Å². The van der Waals surface area contributed by atoms with Gasteiger partial charge in [-0.15, -0.1) is 0 Å². The highest BCUT2D eigenvalue weighted by atomic mass is 15.2. The zero-order valence-corrected chi connectivity index (χ0v) is 14.0. The number of likely N-dealkylation sites (tertiary alicyclic amines) is 1. The highest BCUT2D eigenvalue weighted by molar-refractivity contribution is 5.55. The molecule has 4 heteroatoms. The number of aromatic nitrogens is 3. The molecule has 2 fully saturated rings. The molecule has 122 valence electrons. The summed E-state index contributed by atoms with van der Waals surface area (Å²) in [5.41, 5.74) is 2.43. The Hall–Kier alpha value is -1.68. The zero-order valence-electron chi connectivity index (χ0n) is 14.0. The minimum atomic E-state index is 0.746. The van der Waals surface area contributed by atoms with Crippen molar-refractivity contribution in [3.63, 3.8) is 0 Å². The van der Waals surface area contributed by atoms with Crippen molar-refractivity contribution in [2.24, 2.45) is 11.8 Å². The molecule has 0 bridgehead atoms. The maximum Gasteiger partial charge on any atom is 0.140 e. The molecule has 0 amide bonds. The first-order valence-electron chi connectivity index (χ1n) is 8.94. The van der Waals surface area contributed by atoms with Crippen LogP contribution in [0.4, 0.5) is 0 Å². The molecule has 2 aromatic rings. The molecular formula is C19H26N4. The average Bonchev–Trinajstić information content (AvgIpc) is 3.32. The third-order valence-corrected chi connectivity index (χ3v) is 5.25. The highest BCUT2D eigenvalue weighted by Gasteiger charge is 2.28. The summed E-state index contributed by atoms with van der Waals surface area (Å²) in [6, 6.07) is 4.11. The first-order chi connectivity index (χ1) is 11.3. The summed E-state index contributed by atoms with van der Waals surface area (Å²) in [7, 11) is 0. The van der Waals surface area contributed by atoms with Crippen LogP contribution in [0.2, 0.25) is 0 Å². The smallest absolute Gasteiger partial charge is 0.140 e. The topological polar surface area (TPSA) is 34.0 Å². The molecule has 0 spiro atoms. The maximum atomic E-state index is 4.65. The Morgan fingerprint density at radius 2 is 1.91 bits per heavy atom. The molecule has 2 aromatic heterocycles. The van der Waals surface area contributed by atoms with E-state index in [0.29, 0.717) is 0 Å². The largest absolute Gasteiger partial charge is 0.328 e. The molecule has 1 unspecified atom stereocenters. The highest BCUT2D eigenvalue weighted by Crippen LogP contribution is 2.31. The predicted octanol–water partition coefficient (Wildman–Crippen LogP) is 3.38. The molecule has 1 atom stereocenters. The number of imidazole rings is 1. The van der Waals surface area contributed by atoms with Gasteiger partial charge >= 0.3 is 0 Å². The van der Waals surface area contributed by atoms with Crippen LogP contribution in [-0.4, -0.2) is 39.1 Å². The lowest BCUT2D eigenvalue weighted by Crippen LogP contribution is -2.38. The van der Waals surface area contributed by atoms with Crippen LogP contribution in [0.25, 0.3) is 11.4 Å². The first-order valence-corrected chi connectivity index (χ1v) is 8.94. The molecule has 1 aliphatic heterocycles. The predicted molar refractivity (Wildman–Crippen MR) is 92.1 cm³/mol.